The van der Waals surface area contributed by atoms with Gasteiger partial charge in [0.25, 0.3) is 0 Å². The van der Waals surface area contributed by atoms with E-state index in [1.165, 1.54) is 12.0 Å². The molecule has 0 saturated heterocycles. The summed E-state index contributed by atoms with van der Waals surface area (Å²) in [5.74, 6) is 0.740. The molecule has 1 saturated carbocycles. The molecule has 86 valence electrons. The quantitative estimate of drug-likeness (QED) is 0.644. The number of fused-ring (bicyclic) bond motifs is 2. The molecule has 1 spiro atoms. The maximum Gasteiger partial charge on any atom is 0.0720 e. The Bertz CT molecular complexity index is 421. The van der Waals surface area contributed by atoms with Crippen LogP contribution in [0.25, 0.3) is 0 Å². The maximum absolute atomic E-state index is 5.86. The molecule has 0 radical (unpaired) electrons. The van der Waals surface area contributed by atoms with Gasteiger partial charge in [-0.25, -0.2) is 0 Å². The Morgan fingerprint density at radius 2 is 2.00 bits per heavy atom. The molecule has 1 unspecified atom stereocenters. The molecule has 1 heteroatoms. The second-order valence-electron chi connectivity index (χ2n) is 6.11. The highest BCUT2D eigenvalue weighted by molar-refractivity contribution is 5.41. The first-order valence-corrected chi connectivity index (χ1v) is 6.24. The van der Waals surface area contributed by atoms with Crippen LogP contribution in [0.2, 0.25) is 0 Å². The van der Waals surface area contributed by atoms with E-state index in [2.05, 4.69) is 45.0 Å². The zero-order valence-corrected chi connectivity index (χ0v) is 10.4. The van der Waals surface area contributed by atoms with Crippen LogP contribution in [0.15, 0.2) is 24.3 Å². The maximum atomic E-state index is 5.86. The van der Waals surface area contributed by atoms with Crippen molar-refractivity contribution in [2.75, 3.05) is 6.61 Å². The zero-order chi connectivity index (χ0) is 11.4. The summed E-state index contributed by atoms with van der Waals surface area (Å²) >= 11 is 0. The Hall–Kier alpha value is -0.820. The van der Waals surface area contributed by atoms with Crippen LogP contribution in [0.4, 0.5) is 0 Å². The average Bonchev–Trinajstić information content (AvgIpc) is 2.27. The third-order valence-corrected chi connectivity index (χ3v) is 4.95. The molecule has 2 aliphatic rings. The topological polar surface area (TPSA) is 9.23 Å². The highest BCUT2D eigenvalue weighted by Gasteiger charge is 2.60. The first kappa shape index (κ1) is 10.3. The SMILES string of the molecule is C[C@@H]1CC(C)(C)C12COCc1ccccc12. The number of hydrogen-bond donors (Lipinski definition) is 0. The Kier molecular flexibility index (Phi) is 2.00. The fraction of sp³-hybridized carbons (Fsp3) is 0.600. The lowest BCUT2D eigenvalue weighted by molar-refractivity contribution is -0.113. The van der Waals surface area contributed by atoms with Gasteiger partial charge in [-0.3, -0.25) is 0 Å². The molecule has 0 aromatic heterocycles. The molecule has 2 atom stereocenters. The predicted molar refractivity (Wildman–Crippen MR) is 65.3 cm³/mol. The van der Waals surface area contributed by atoms with E-state index in [0.717, 1.165) is 19.1 Å². The molecule has 1 aromatic carbocycles. The summed E-state index contributed by atoms with van der Waals surface area (Å²) in [4.78, 5) is 0. The Morgan fingerprint density at radius 3 is 2.69 bits per heavy atom. The van der Waals surface area contributed by atoms with Crippen LogP contribution in [-0.4, -0.2) is 6.61 Å². The molecule has 0 bridgehead atoms. The minimum Gasteiger partial charge on any atom is -0.376 e. The lowest BCUT2D eigenvalue weighted by Crippen LogP contribution is -2.61. The molecule has 1 nitrogen and oxygen atoms in total. The molecule has 1 aliphatic carbocycles. The van der Waals surface area contributed by atoms with E-state index in [4.69, 9.17) is 4.74 Å². The van der Waals surface area contributed by atoms with Gasteiger partial charge in [-0.05, 0) is 28.9 Å². The van der Waals surface area contributed by atoms with Crippen LogP contribution in [0, 0.1) is 11.3 Å². The molecule has 1 aliphatic heterocycles. The minimum atomic E-state index is 0.266. The van der Waals surface area contributed by atoms with Crippen LogP contribution in [0.3, 0.4) is 0 Å². The van der Waals surface area contributed by atoms with Crippen molar-refractivity contribution in [1.29, 1.82) is 0 Å². The number of hydrogen-bond acceptors (Lipinski definition) is 1. The molecular weight excluding hydrogens is 196 g/mol. The first-order chi connectivity index (χ1) is 7.58. The lowest BCUT2D eigenvalue weighted by atomic mass is 9.43. The third-order valence-electron chi connectivity index (χ3n) is 4.95. The molecule has 1 fully saturated rings. The van der Waals surface area contributed by atoms with Crippen molar-refractivity contribution >= 4 is 0 Å². The van der Waals surface area contributed by atoms with Crippen LogP contribution < -0.4 is 0 Å². The van der Waals surface area contributed by atoms with Gasteiger partial charge in [0.2, 0.25) is 0 Å². The van der Waals surface area contributed by atoms with Gasteiger partial charge in [-0.2, -0.15) is 0 Å². The summed E-state index contributed by atoms with van der Waals surface area (Å²) < 4.78 is 5.86. The van der Waals surface area contributed by atoms with Gasteiger partial charge in [0, 0.05) is 5.41 Å². The molecule has 0 N–H and O–H groups in total. The summed E-state index contributed by atoms with van der Waals surface area (Å²) in [6.07, 6.45) is 1.31. The first-order valence-electron chi connectivity index (χ1n) is 6.24. The largest absolute Gasteiger partial charge is 0.376 e. The smallest absolute Gasteiger partial charge is 0.0720 e. The molecule has 0 amide bonds. The monoisotopic (exact) mass is 216 g/mol. The molecule has 1 aromatic rings. The van der Waals surface area contributed by atoms with E-state index >= 15 is 0 Å². The average molecular weight is 216 g/mol. The van der Waals surface area contributed by atoms with Crippen LogP contribution in [0.5, 0.6) is 0 Å². The zero-order valence-electron chi connectivity index (χ0n) is 10.4. The second-order valence-corrected chi connectivity index (χ2v) is 6.11. The second kappa shape index (κ2) is 3.10. The number of rotatable bonds is 0. The fourth-order valence-corrected chi connectivity index (χ4v) is 4.11. The van der Waals surface area contributed by atoms with Gasteiger partial charge < -0.3 is 4.74 Å². The van der Waals surface area contributed by atoms with E-state index in [1.807, 2.05) is 0 Å². The van der Waals surface area contributed by atoms with Crippen LogP contribution in [-0.2, 0) is 16.8 Å². The van der Waals surface area contributed by atoms with E-state index in [-0.39, 0.29) is 5.41 Å². The van der Waals surface area contributed by atoms with E-state index in [9.17, 15) is 0 Å². The molecule has 1 heterocycles. The van der Waals surface area contributed by atoms with E-state index in [1.54, 1.807) is 5.56 Å². The van der Waals surface area contributed by atoms with Gasteiger partial charge in [0.05, 0.1) is 13.2 Å². The summed E-state index contributed by atoms with van der Waals surface area (Å²) in [6.45, 7) is 8.84. The van der Waals surface area contributed by atoms with Crippen LogP contribution in [0.1, 0.15) is 38.3 Å². The number of ether oxygens (including phenoxy) is 1. The third kappa shape index (κ3) is 1.05. The van der Waals surface area contributed by atoms with Crippen molar-refractivity contribution in [2.45, 2.75) is 39.2 Å². The standard InChI is InChI=1S/C15H20O/c1-11-8-14(2,3)15(11)10-16-9-12-6-4-5-7-13(12)15/h4-7,11H,8-10H2,1-3H3/t11-,15?/m1/s1. The fourth-order valence-electron chi connectivity index (χ4n) is 4.11. The van der Waals surface area contributed by atoms with Crippen molar-refractivity contribution in [3.8, 4) is 0 Å². The van der Waals surface area contributed by atoms with Crippen molar-refractivity contribution in [3.63, 3.8) is 0 Å². The van der Waals surface area contributed by atoms with E-state index < -0.39 is 0 Å². The Morgan fingerprint density at radius 1 is 1.25 bits per heavy atom. The van der Waals surface area contributed by atoms with Gasteiger partial charge in [0.15, 0.2) is 0 Å². The summed E-state index contributed by atoms with van der Waals surface area (Å²) in [7, 11) is 0. The Balaban J connectivity index is 2.17. The van der Waals surface area contributed by atoms with Crippen molar-refractivity contribution in [2.24, 2.45) is 11.3 Å². The van der Waals surface area contributed by atoms with Crippen molar-refractivity contribution in [3.05, 3.63) is 35.4 Å². The minimum absolute atomic E-state index is 0.266. The predicted octanol–water partition coefficient (Wildman–Crippen LogP) is 3.52. The summed E-state index contributed by atoms with van der Waals surface area (Å²) in [5, 5.41) is 0. The van der Waals surface area contributed by atoms with Crippen molar-refractivity contribution < 1.29 is 4.74 Å². The lowest BCUT2D eigenvalue weighted by Gasteiger charge is -2.63. The van der Waals surface area contributed by atoms with E-state index in [0.29, 0.717) is 5.41 Å². The van der Waals surface area contributed by atoms with Gasteiger partial charge in [0.1, 0.15) is 0 Å². The number of benzene rings is 1. The Labute approximate surface area is 97.8 Å². The normalized spacial score (nSPS) is 35.6. The molecule has 3 rings (SSSR count). The summed E-state index contributed by atoms with van der Waals surface area (Å²) in [6, 6.07) is 8.83. The highest BCUT2D eigenvalue weighted by Crippen LogP contribution is 2.63. The van der Waals surface area contributed by atoms with Crippen molar-refractivity contribution in [1.82, 2.24) is 0 Å². The van der Waals surface area contributed by atoms with Gasteiger partial charge in [-0.15, -0.1) is 0 Å². The van der Waals surface area contributed by atoms with Crippen LogP contribution >= 0.6 is 0 Å². The van der Waals surface area contributed by atoms with Gasteiger partial charge in [-0.1, -0.05) is 45.0 Å². The van der Waals surface area contributed by atoms with Gasteiger partial charge >= 0.3 is 0 Å². The summed E-state index contributed by atoms with van der Waals surface area (Å²) in [5.41, 5.74) is 3.59. The molecule has 16 heavy (non-hydrogen) atoms. The molecular formula is C15H20O. The highest BCUT2D eigenvalue weighted by atomic mass is 16.5.